The molecule has 23 heteroatoms. The fraction of sp³-hybridized carbons (Fsp3) is 0.476. The van der Waals surface area contributed by atoms with Crippen molar-refractivity contribution in [2.45, 2.75) is 49.2 Å². The summed E-state index contributed by atoms with van der Waals surface area (Å²) in [6.07, 6.45) is -9.85. The van der Waals surface area contributed by atoms with Gasteiger partial charge in [-0.3, -0.25) is 23.0 Å². The molecule has 0 aromatic carbocycles. The van der Waals surface area contributed by atoms with Crippen LogP contribution in [0.15, 0.2) is 36.0 Å². The van der Waals surface area contributed by atoms with Crippen molar-refractivity contribution in [1.29, 1.82) is 0 Å². The van der Waals surface area contributed by atoms with Crippen LogP contribution in [0.25, 0.3) is 22.3 Å². The van der Waals surface area contributed by atoms with Crippen molar-refractivity contribution >= 4 is 46.1 Å². The third-order valence-corrected chi connectivity index (χ3v) is 9.28. The molecular weight excluding hydrogens is 639 g/mol. The Morgan fingerprint density at radius 1 is 1.00 bits per heavy atom. The zero-order valence-electron chi connectivity index (χ0n) is 21.9. The molecule has 3 fully saturated rings. The largest absolute Gasteiger partial charge is 0.472 e. The number of anilines is 1. The first-order chi connectivity index (χ1) is 20.9. The van der Waals surface area contributed by atoms with Gasteiger partial charge in [-0.2, -0.15) is 13.1 Å². The van der Waals surface area contributed by atoms with Crippen LogP contribution in [0.3, 0.4) is 0 Å². The van der Waals surface area contributed by atoms with Gasteiger partial charge in [0.15, 0.2) is 41.6 Å². The van der Waals surface area contributed by atoms with Crippen molar-refractivity contribution in [2.75, 3.05) is 18.9 Å². The number of rotatable bonds is 2. The summed E-state index contributed by atoms with van der Waals surface area (Å²) in [4.78, 5) is 40.9. The Hall–Kier alpha value is -3.47. The molecule has 4 aromatic rings. The molecule has 236 valence electrons. The molecule has 0 radical (unpaired) electrons. The predicted octanol–water partition coefficient (Wildman–Crippen LogP) is -0.647. The van der Waals surface area contributed by atoms with Crippen LogP contribution in [0, 0.1) is 0 Å². The van der Waals surface area contributed by atoms with Crippen molar-refractivity contribution in [3.05, 3.63) is 41.6 Å². The van der Waals surface area contributed by atoms with Crippen LogP contribution in [-0.4, -0.2) is 97.3 Å². The topological polar surface area (TPSA) is 250 Å². The van der Waals surface area contributed by atoms with Crippen LogP contribution in [-0.2, 0) is 37.6 Å². The van der Waals surface area contributed by atoms with E-state index in [0.29, 0.717) is 0 Å². The molecule has 44 heavy (non-hydrogen) atoms. The maximum Gasteiger partial charge on any atom is 0.472 e. The molecule has 1 unspecified atom stereocenters. The summed E-state index contributed by atoms with van der Waals surface area (Å²) in [6.45, 7) is -1.66. The number of nitrogens with one attached hydrogen (secondary N) is 2. The lowest BCUT2D eigenvalue weighted by Crippen LogP contribution is -2.45. The van der Waals surface area contributed by atoms with Gasteiger partial charge in [0.1, 0.15) is 29.9 Å². The number of halogens is 2. The lowest BCUT2D eigenvalue weighted by molar-refractivity contribution is -0.0496. The number of hydrogen-bond donors (Lipinski definition) is 4. The molecule has 0 aliphatic carbocycles. The number of aromatic amines is 1. The predicted molar refractivity (Wildman–Crippen MR) is 140 cm³/mol. The van der Waals surface area contributed by atoms with Crippen molar-refractivity contribution in [3.63, 3.8) is 0 Å². The van der Waals surface area contributed by atoms with Gasteiger partial charge in [-0.05, 0) is 6.07 Å². The van der Waals surface area contributed by atoms with Gasteiger partial charge in [-0.1, -0.05) is 0 Å². The molecule has 4 aromatic heterocycles. The third kappa shape index (κ3) is 4.97. The number of H-pyrrole nitrogens is 1. The van der Waals surface area contributed by atoms with E-state index in [0.717, 1.165) is 17.2 Å². The van der Waals surface area contributed by atoms with Gasteiger partial charge in [0.2, 0.25) is 0 Å². The first kappa shape index (κ1) is 29.3. The maximum absolute atomic E-state index is 15.8. The second kappa shape index (κ2) is 10.6. The van der Waals surface area contributed by atoms with Gasteiger partial charge in [-0.15, -0.1) is 0 Å². The molecule has 0 saturated carbocycles. The lowest BCUT2D eigenvalue weighted by atomic mass is 10.1. The number of ether oxygens (including phenoxy) is 2. The number of pyridine rings is 1. The molecule has 5 N–H and O–H groups in total. The Balaban J connectivity index is 1.17. The van der Waals surface area contributed by atoms with Crippen molar-refractivity contribution in [1.82, 2.24) is 38.8 Å². The highest BCUT2D eigenvalue weighted by molar-refractivity contribution is 7.84. The Morgan fingerprint density at radius 2 is 1.66 bits per heavy atom. The summed E-state index contributed by atoms with van der Waals surface area (Å²) in [5.41, 5.74) is 5.64. The third-order valence-electron chi connectivity index (χ3n) is 7.30. The van der Waals surface area contributed by atoms with E-state index in [1.54, 1.807) is 0 Å². The first-order valence-corrected chi connectivity index (χ1v) is 15.7. The van der Waals surface area contributed by atoms with E-state index in [1.807, 2.05) is 4.72 Å². The smallest absolute Gasteiger partial charge is 0.397 e. The number of fused-ring (bicyclic) bond motifs is 4. The second-order valence-electron chi connectivity index (χ2n) is 10.00. The number of nitrogens with zero attached hydrogens (tertiary/aromatic N) is 6. The van der Waals surface area contributed by atoms with Crippen molar-refractivity contribution < 1.29 is 49.4 Å². The molecule has 7 rings (SSSR count). The minimum absolute atomic E-state index is 0.0890. The van der Waals surface area contributed by atoms with Gasteiger partial charge in [-0.25, -0.2) is 37.5 Å². The average Bonchev–Trinajstić information content (AvgIpc) is 3.73. The van der Waals surface area contributed by atoms with Crippen LogP contribution in [0.1, 0.15) is 12.5 Å². The summed E-state index contributed by atoms with van der Waals surface area (Å²) in [5, 5.41) is 0. The number of nitrogen functional groups attached to an aromatic ring is 1. The molecule has 3 aliphatic heterocycles. The summed E-state index contributed by atoms with van der Waals surface area (Å²) >= 11 is 0. The molecule has 0 spiro atoms. The lowest BCUT2D eigenvalue weighted by Gasteiger charge is -2.26. The molecule has 0 bridgehead atoms. The van der Waals surface area contributed by atoms with E-state index >= 15 is 8.78 Å². The van der Waals surface area contributed by atoms with Gasteiger partial charge in [0.25, 0.3) is 5.56 Å². The fourth-order valence-electron chi connectivity index (χ4n) is 5.28. The van der Waals surface area contributed by atoms with Crippen LogP contribution in [0.4, 0.5) is 14.5 Å². The van der Waals surface area contributed by atoms with E-state index in [2.05, 4.69) is 24.9 Å². The standard InChI is InChI=1S/C21H22F2N9O10PS/c22-11-15-9(39-20(11)31-6-28-13-8(24)1-2-25-17(13)31)3-30-44(36,37)42-16-10(4-38-43(34,35)41-15)40-21(12(16)23)32-7-29-14-18(32)26-5-27-19(14)33/h1-2,5-7,9-12,15-16,20-21,30H,3-4H2,(H2,24,25)(H,34,35)(H,26,27,33)/t9-,10-,11-,12-,15-,16-,20-,21-/m1/s1. The number of phosphoric ester groups is 1. The van der Waals surface area contributed by atoms with E-state index < -0.39 is 86.1 Å². The Morgan fingerprint density at radius 3 is 2.41 bits per heavy atom. The normalized spacial score (nSPS) is 36.1. The van der Waals surface area contributed by atoms with Crippen LogP contribution >= 0.6 is 7.82 Å². The highest BCUT2D eigenvalue weighted by atomic mass is 32.2. The summed E-state index contributed by atoms with van der Waals surface area (Å²) < 4.78 is 101. The maximum atomic E-state index is 15.8. The van der Waals surface area contributed by atoms with E-state index in [4.69, 9.17) is 28.4 Å². The van der Waals surface area contributed by atoms with Crippen LogP contribution < -0.4 is 16.0 Å². The van der Waals surface area contributed by atoms with Crippen LogP contribution in [0.5, 0.6) is 0 Å². The van der Waals surface area contributed by atoms with Gasteiger partial charge in [0, 0.05) is 12.7 Å². The number of phosphoric acid groups is 1. The first-order valence-electron chi connectivity index (χ1n) is 12.8. The average molecular weight is 661 g/mol. The van der Waals surface area contributed by atoms with E-state index in [-0.39, 0.29) is 28.0 Å². The molecule has 3 saturated heterocycles. The summed E-state index contributed by atoms with van der Waals surface area (Å²) in [7, 11) is -9.92. The van der Waals surface area contributed by atoms with E-state index in [1.165, 1.54) is 23.2 Å². The Kier molecular flexibility index (Phi) is 7.02. The molecular formula is C21H22F2N9O10PS. The number of nitrogens with two attached hydrogens (primary N) is 1. The molecule has 7 heterocycles. The second-order valence-corrected chi connectivity index (χ2v) is 12.8. The zero-order chi connectivity index (χ0) is 31.0. The molecule has 9 atom stereocenters. The molecule has 0 amide bonds. The number of alkyl halides is 2. The van der Waals surface area contributed by atoms with Gasteiger partial charge >= 0.3 is 18.1 Å². The highest BCUT2D eigenvalue weighted by Crippen LogP contribution is 2.50. The Bertz CT molecular complexity index is 1960. The monoisotopic (exact) mass is 661 g/mol. The van der Waals surface area contributed by atoms with Crippen molar-refractivity contribution in [2.24, 2.45) is 0 Å². The SMILES string of the molecule is Nc1ccnc2c1ncn2[C@@H]1O[C@@H]2CNS(=O)(=O)O[C@H]3[C@@H](F)[C@H](n4cnc5c(=O)[nH]cnc54)O[C@@H]3COP(=O)(O)O[C@H]2[C@H]1F. The quantitative estimate of drug-likeness (QED) is 0.195. The van der Waals surface area contributed by atoms with E-state index in [9.17, 15) is 22.7 Å². The highest BCUT2D eigenvalue weighted by Gasteiger charge is 2.54. The van der Waals surface area contributed by atoms with Gasteiger partial charge < -0.3 is 25.1 Å². The van der Waals surface area contributed by atoms with Crippen molar-refractivity contribution in [3.8, 4) is 0 Å². The number of imidazole rings is 2. The van der Waals surface area contributed by atoms with Crippen LogP contribution in [0.2, 0.25) is 0 Å². The van der Waals surface area contributed by atoms with Gasteiger partial charge in [0.05, 0.1) is 31.3 Å². The fourth-order valence-corrected chi connectivity index (χ4v) is 7.20. The number of aromatic nitrogens is 7. The molecule has 19 nitrogen and oxygen atoms in total. The summed E-state index contributed by atoms with van der Waals surface area (Å²) in [5.74, 6) is 0. The minimum Gasteiger partial charge on any atom is -0.397 e. The summed E-state index contributed by atoms with van der Waals surface area (Å²) in [6, 6.07) is 1.48. The number of hydrogen-bond acceptors (Lipinski definition) is 14. The molecule has 3 aliphatic rings. The Labute approximate surface area is 244 Å². The minimum atomic E-state index is -5.12. The zero-order valence-corrected chi connectivity index (χ0v) is 23.6.